The Morgan fingerprint density at radius 2 is 1.42 bits per heavy atom. The Kier molecular flexibility index (Phi) is 5.75. The van der Waals surface area contributed by atoms with Crippen molar-refractivity contribution in [2.75, 3.05) is 0 Å². The molecule has 0 bridgehead atoms. The van der Waals surface area contributed by atoms with Crippen molar-refractivity contribution in [2.24, 2.45) is 0 Å². The second-order valence-electron chi connectivity index (χ2n) is 3.17. The maximum Gasteiger partial charge on any atom is 0.303 e. The minimum Gasteiger partial charge on any atom is -0.458 e. The van der Waals surface area contributed by atoms with E-state index >= 15 is 0 Å². The van der Waals surface area contributed by atoms with Gasteiger partial charge in [0.1, 0.15) is 0 Å². The van der Waals surface area contributed by atoms with Crippen molar-refractivity contribution >= 4 is 75.6 Å². The number of nitrogens with zero attached hydrogens (tertiary/aromatic N) is 3. The van der Waals surface area contributed by atoms with Crippen LogP contribution in [-0.2, 0) is 23.7 Å². The van der Waals surface area contributed by atoms with Crippen molar-refractivity contribution < 1.29 is 9.53 Å². The second-order valence-corrected chi connectivity index (χ2v) is 7.74. The second kappa shape index (κ2) is 6.33. The van der Waals surface area contributed by atoms with E-state index < -0.39 is 13.6 Å². The first-order chi connectivity index (χ1) is 8.50. The Balaban J connectivity index is 3.21. The Bertz CT molecular complexity index is 452. The summed E-state index contributed by atoms with van der Waals surface area (Å²) in [6.07, 6.45) is 0. The van der Waals surface area contributed by atoms with Crippen LogP contribution < -0.4 is 0 Å². The van der Waals surface area contributed by atoms with E-state index in [0.29, 0.717) is 0 Å². The van der Waals surface area contributed by atoms with Gasteiger partial charge in [-0.1, -0.05) is 69.6 Å². The zero-order valence-corrected chi connectivity index (χ0v) is 13.7. The molecule has 1 aromatic rings. The fourth-order valence-corrected chi connectivity index (χ4v) is 1.41. The predicted octanol–water partition coefficient (Wildman–Crippen LogP) is 3.59. The minimum atomic E-state index is -1.93. The molecule has 0 aromatic carbocycles. The van der Waals surface area contributed by atoms with E-state index in [1.165, 1.54) is 6.92 Å². The van der Waals surface area contributed by atoms with Crippen LogP contribution in [0, 0.1) is 0 Å². The molecule has 0 amide bonds. The van der Waals surface area contributed by atoms with E-state index in [-0.39, 0.29) is 24.1 Å². The van der Waals surface area contributed by atoms with Gasteiger partial charge in [0, 0.05) is 6.92 Å². The summed E-state index contributed by atoms with van der Waals surface area (Å²) in [6.45, 7) is 0.951. The lowest BCUT2D eigenvalue weighted by Gasteiger charge is -2.15. The van der Waals surface area contributed by atoms with Crippen LogP contribution in [0.5, 0.6) is 0 Å². The molecular formula is C8H5Cl6N3O2. The first-order valence-corrected chi connectivity index (χ1v) is 6.79. The molecule has 0 saturated heterocycles. The monoisotopic (exact) mass is 385 g/mol. The molecule has 0 spiro atoms. The smallest absolute Gasteiger partial charge is 0.303 e. The Morgan fingerprint density at radius 1 is 1.00 bits per heavy atom. The van der Waals surface area contributed by atoms with Crippen LogP contribution in [0.15, 0.2) is 0 Å². The number of rotatable bonds is 2. The SMILES string of the molecule is CC(=O)OCc1nc(C(Cl)(Cl)Cl)nc(C(Cl)(Cl)Cl)n1. The molecule has 0 fully saturated rings. The van der Waals surface area contributed by atoms with Gasteiger partial charge in [-0.2, -0.15) is 0 Å². The lowest BCUT2D eigenvalue weighted by molar-refractivity contribution is -0.142. The molecule has 1 rings (SSSR count). The van der Waals surface area contributed by atoms with Crippen LogP contribution in [0.3, 0.4) is 0 Å². The summed E-state index contributed by atoms with van der Waals surface area (Å²) in [5.74, 6) is -1.02. The average molecular weight is 388 g/mol. The highest BCUT2D eigenvalue weighted by Gasteiger charge is 2.33. The summed E-state index contributed by atoms with van der Waals surface area (Å²) in [5, 5.41) is 0. The number of aromatic nitrogens is 3. The van der Waals surface area contributed by atoms with Crippen LogP contribution in [0.4, 0.5) is 0 Å². The Morgan fingerprint density at radius 3 is 1.74 bits per heavy atom. The molecule has 0 aliphatic carbocycles. The van der Waals surface area contributed by atoms with E-state index in [9.17, 15) is 4.79 Å². The van der Waals surface area contributed by atoms with Crippen molar-refractivity contribution in [3.8, 4) is 0 Å². The molecule has 0 unspecified atom stereocenters. The maximum absolute atomic E-state index is 10.7. The van der Waals surface area contributed by atoms with Crippen molar-refractivity contribution in [1.82, 2.24) is 15.0 Å². The lowest BCUT2D eigenvalue weighted by atomic mass is 10.5. The number of halogens is 6. The standard InChI is InChI=1S/C8H5Cl6N3O2/c1-3(18)19-2-4-15-5(7(9,10)11)17-6(16-4)8(12,13)14/h2H2,1H3. The third kappa shape index (κ3) is 5.61. The summed E-state index contributed by atoms with van der Waals surface area (Å²) in [7, 11) is 0. The van der Waals surface area contributed by atoms with Gasteiger partial charge in [-0.15, -0.1) is 0 Å². The van der Waals surface area contributed by atoms with Crippen LogP contribution in [0.1, 0.15) is 24.4 Å². The number of carbonyl (C=O) groups is 1. The molecule has 106 valence electrons. The van der Waals surface area contributed by atoms with Gasteiger partial charge < -0.3 is 4.74 Å². The lowest BCUT2D eigenvalue weighted by Crippen LogP contribution is -2.18. The molecule has 19 heavy (non-hydrogen) atoms. The Labute approximate surface area is 138 Å². The van der Waals surface area contributed by atoms with Crippen LogP contribution in [-0.4, -0.2) is 20.9 Å². The summed E-state index contributed by atoms with van der Waals surface area (Å²) in [5.41, 5.74) is 0. The third-order valence-corrected chi connectivity index (χ3v) is 2.61. The molecule has 0 N–H and O–H groups in total. The average Bonchev–Trinajstić information content (AvgIpc) is 2.23. The van der Waals surface area contributed by atoms with Gasteiger partial charge in [0.05, 0.1) is 0 Å². The zero-order chi connectivity index (χ0) is 14.8. The predicted molar refractivity (Wildman–Crippen MR) is 73.8 cm³/mol. The van der Waals surface area contributed by atoms with Crippen molar-refractivity contribution in [2.45, 2.75) is 21.1 Å². The zero-order valence-electron chi connectivity index (χ0n) is 9.13. The quantitative estimate of drug-likeness (QED) is 0.573. The summed E-state index contributed by atoms with van der Waals surface area (Å²) in [4.78, 5) is 22.1. The van der Waals surface area contributed by atoms with Gasteiger partial charge in [-0.05, 0) is 0 Å². The maximum atomic E-state index is 10.7. The van der Waals surface area contributed by atoms with Crippen molar-refractivity contribution in [3.05, 3.63) is 17.5 Å². The van der Waals surface area contributed by atoms with Gasteiger partial charge in [-0.25, -0.2) is 15.0 Å². The number of esters is 1. The fourth-order valence-electron chi connectivity index (χ4n) is 0.904. The molecule has 11 heteroatoms. The third-order valence-electron chi connectivity index (χ3n) is 1.59. The normalized spacial score (nSPS) is 12.4. The molecule has 0 aliphatic rings. The topological polar surface area (TPSA) is 65.0 Å². The molecule has 5 nitrogen and oxygen atoms in total. The fraction of sp³-hybridized carbons (Fsp3) is 0.500. The molecule has 1 heterocycles. The first kappa shape index (κ1) is 17.3. The van der Waals surface area contributed by atoms with E-state index in [2.05, 4.69) is 15.0 Å². The molecule has 1 aromatic heterocycles. The van der Waals surface area contributed by atoms with Gasteiger partial charge in [0.25, 0.3) is 0 Å². The van der Waals surface area contributed by atoms with Crippen molar-refractivity contribution in [1.29, 1.82) is 0 Å². The number of hydrogen-bond donors (Lipinski definition) is 0. The minimum absolute atomic E-state index is 0.00662. The highest BCUT2D eigenvalue weighted by Crippen LogP contribution is 2.39. The number of ether oxygens (including phenoxy) is 1. The van der Waals surface area contributed by atoms with Gasteiger partial charge in [0.2, 0.25) is 7.59 Å². The highest BCUT2D eigenvalue weighted by molar-refractivity contribution is 6.67. The van der Waals surface area contributed by atoms with Crippen LogP contribution in [0.25, 0.3) is 0 Å². The van der Waals surface area contributed by atoms with Gasteiger partial charge in [-0.3, -0.25) is 4.79 Å². The van der Waals surface area contributed by atoms with Gasteiger partial charge >= 0.3 is 5.97 Å². The summed E-state index contributed by atoms with van der Waals surface area (Å²) >= 11 is 33.9. The largest absolute Gasteiger partial charge is 0.458 e. The van der Waals surface area contributed by atoms with E-state index in [4.69, 9.17) is 74.3 Å². The van der Waals surface area contributed by atoms with Gasteiger partial charge in [0.15, 0.2) is 24.1 Å². The Hall–Kier alpha value is 0.220. The number of alkyl halides is 6. The molecule has 0 radical (unpaired) electrons. The number of carbonyl (C=O) groups excluding carboxylic acids is 1. The van der Waals surface area contributed by atoms with E-state index in [1.807, 2.05) is 0 Å². The molecule has 0 saturated carbocycles. The first-order valence-electron chi connectivity index (χ1n) is 4.53. The highest BCUT2D eigenvalue weighted by atomic mass is 35.6. The van der Waals surface area contributed by atoms with Crippen LogP contribution in [0.2, 0.25) is 0 Å². The van der Waals surface area contributed by atoms with E-state index in [0.717, 1.165) is 0 Å². The van der Waals surface area contributed by atoms with E-state index in [1.54, 1.807) is 0 Å². The number of hydrogen-bond acceptors (Lipinski definition) is 5. The summed E-state index contributed by atoms with van der Waals surface area (Å²) < 4.78 is 0.849. The molecular weight excluding hydrogens is 383 g/mol. The molecule has 0 aliphatic heterocycles. The van der Waals surface area contributed by atoms with Crippen LogP contribution >= 0.6 is 69.6 Å². The van der Waals surface area contributed by atoms with Crippen molar-refractivity contribution in [3.63, 3.8) is 0 Å². The molecule has 0 atom stereocenters. The summed E-state index contributed by atoms with van der Waals surface area (Å²) in [6, 6.07) is 0.